The van der Waals surface area contributed by atoms with Gasteiger partial charge in [0.05, 0.1) is 11.7 Å². The number of benzene rings is 2. The van der Waals surface area contributed by atoms with Crippen LogP contribution in [0, 0.1) is 0 Å². The molecule has 4 heteroatoms. The van der Waals surface area contributed by atoms with Crippen molar-refractivity contribution in [3.63, 3.8) is 0 Å². The lowest BCUT2D eigenvalue weighted by Crippen LogP contribution is -2.23. The Morgan fingerprint density at radius 1 is 1.15 bits per heavy atom. The number of nitrogens with one attached hydrogen (secondary N) is 2. The van der Waals surface area contributed by atoms with Crippen molar-refractivity contribution in [1.82, 2.24) is 4.98 Å². The average Bonchev–Trinajstić information content (AvgIpc) is 2.90. The Labute approximate surface area is 125 Å². The molecule has 3 aromatic rings. The van der Waals surface area contributed by atoms with Gasteiger partial charge in [-0.25, -0.2) is 0 Å². The van der Waals surface area contributed by atoms with Crippen molar-refractivity contribution in [3.8, 4) is 5.75 Å². The lowest BCUT2D eigenvalue weighted by Gasteiger charge is -2.27. The van der Waals surface area contributed by atoms with E-state index in [2.05, 4.69) is 56.7 Å². The van der Waals surface area contributed by atoms with Crippen molar-refractivity contribution >= 4 is 32.5 Å². The van der Waals surface area contributed by atoms with E-state index < -0.39 is 0 Å². The number of fused-ring (bicyclic) bond motifs is 2. The number of anilines is 1. The standard InChI is InChI=1S/C16H13BrN2O/c17-10-5-6-16-14(7-10)19-15(9-20-16)12-8-18-13-4-2-1-3-11(12)13/h1-8,15,18-19H,9H2. The number of hydrogen-bond donors (Lipinski definition) is 2. The minimum Gasteiger partial charge on any atom is -0.489 e. The summed E-state index contributed by atoms with van der Waals surface area (Å²) in [6.07, 6.45) is 2.06. The number of rotatable bonds is 1. The molecule has 0 spiro atoms. The van der Waals surface area contributed by atoms with Crippen LogP contribution in [0.15, 0.2) is 53.1 Å². The fourth-order valence-electron chi connectivity index (χ4n) is 2.69. The van der Waals surface area contributed by atoms with E-state index in [1.165, 1.54) is 10.9 Å². The van der Waals surface area contributed by atoms with Gasteiger partial charge < -0.3 is 15.0 Å². The summed E-state index contributed by atoms with van der Waals surface area (Å²) in [5, 5.41) is 4.80. The third-order valence-corrected chi connectivity index (χ3v) is 4.17. The van der Waals surface area contributed by atoms with Crippen molar-refractivity contribution < 1.29 is 4.74 Å². The molecule has 0 saturated carbocycles. The summed E-state index contributed by atoms with van der Waals surface area (Å²) in [6, 6.07) is 14.5. The SMILES string of the molecule is Brc1ccc2c(c1)NC(c1c[nH]c3ccccc13)CO2. The molecule has 1 atom stereocenters. The molecule has 2 heterocycles. The van der Waals surface area contributed by atoms with E-state index in [1.807, 2.05) is 18.2 Å². The van der Waals surface area contributed by atoms with Gasteiger partial charge >= 0.3 is 0 Å². The monoisotopic (exact) mass is 328 g/mol. The summed E-state index contributed by atoms with van der Waals surface area (Å²) in [4.78, 5) is 3.32. The van der Waals surface area contributed by atoms with E-state index in [1.54, 1.807) is 0 Å². The van der Waals surface area contributed by atoms with Gasteiger partial charge in [0, 0.05) is 27.1 Å². The van der Waals surface area contributed by atoms with Gasteiger partial charge in [0.25, 0.3) is 0 Å². The Morgan fingerprint density at radius 2 is 2.05 bits per heavy atom. The molecule has 0 fully saturated rings. The molecule has 1 aromatic heterocycles. The molecule has 3 nitrogen and oxygen atoms in total. The molecule has 4 rings (SSSR count). The molecule has 100 valence electrons. The number of H-pyrrole nitrogens is 1. The number of aromatic amines is 1. The second kappa shape index (κ2) is 4.56. The molecule has 0 radical (unpaired) electrons. The predicted octanol–water partition coefficient (Wildman–Crippen LogP) is 4.48. The highest BCUT2D eigenvalue weighted by atomic mass is 79.9. The number of aromatic nitrogens is 1. The smallest absolute Gasteiger partial charge is 0.142 e. The minimum absolute atomic E-state index is 0.160. The van der Waals surface area contributed by atoms with Gasteiger partial charge in [0.15, 0.2) is 0 Å². The van der Waals surface area contributed by atoms with E-state index >= 15 is 0 Å². The lowest BCUT2D eigenvalue weighted by molar-refractivity contribution is 0.287. The molecule has 2 N–H and O–H groups in total. The van der Waals surface area contributed by atoms with Crippen LogP contribution in [0.5, 0.6) is 5.75 Å². The maximum absolute atomic E-state index is 5.87. The van der Waals surface area contributed by atoms with Crippen LogP contribution in [0.3, 0.4) is 0 Å². The predicted molar refractivity (Wildman–Crippen MR) is 84.3 cm³/mol. The number of hydrogen-bond acceptors (Lipinski definition) is 2. The van der Waals surface area contributed by atoms with E-state index in [-0.39, 0.29) is 6.04 Å². The van der Waals surface area contributed by atoms with Gasteiger partial charge in [0.1, 0.15) is 12.4 Å². The van der Waals surface area contributed by atoms with Gasteiger partial charge in [-0.3, -0.25) is 0 Å². The molecule has 0 bridgehead atoms. The Hall–Kier alpha value is -1.94. The van der Waals surface area contributed by atoms with Crippen LogP contribution in [0.25, 0.3) is 10.9 Å². The topological polar surface area (TPSA) is 37.0 Å². The van der Waals surface area contributed by atoms with Gasteiger partial charge in [-0.1, -0.05) is 34.1 Å². The molecule has 0 saturated heterocycles. The largest absolute Gasteiger partial charge is 0.489 e. The van der Waals surface area contributed by atoms with E-state index in [0.29, 0.717) is 6.61 Å². The van der Waals surface area contributed by atoms with Crippen LogP contribution in [0.2, 0.25) is 0 Å². The van der Waals surface area contributed by atoms with E-state index in [4.69, 9.17) is 4.74 Å². The molecule has 1 aliphatic rings. The van der Waals surface area contributed by atoms with Gasteiger partial charge in [-0.15, -0.1) is 0 Å². The fourth-order valence-corrected chi connectivity index (χ4v) is 3.05. The van der Waals surface area contributed by atoms with Crippen LogP contribution in [-0.4, -0.2) is 11.6 Å². The minimum atomic E-state index is 0.160. The first-order valence-corrected chi connectivity index (χ1v) is 7.35. The summed E-state index contributed by atoms with van der Waals surface area (Å²) < 4.78 is 6.91. The maximum Gasteiger partial charge on any atom is 0.142 e. The van der Waals surface area contributed by atoms with Crippen LogP contribution in [0.1, 0.15) is 11.6 Å². The van der Waals surface area contributed by atoms with Crippen molar-refractivity contribution in [2.75, 3.05) is 11.9 Å². The Morgan fingerprint density at radius 3 is 3.00 bits per heavy atom. The van der Waals surface area contributed by atoms with Crippen LogP contribution in [0.4, 0.5) is 5.69 Å². The molecule has 0 aliphatic carbocycles. The molecule has 1 aliphatic heterocycles. The summed E-state index contributed by atoms with van der Waals surface area (Å²) >= 11 is 3.50. The highest BCUT2D eigenvalue weighted by Gasteiger charge is 2.22. The normalized spacial score (nSPS) is 17.4. The zero-order valence-electron chi connectivity index (χ0n) is 10.7. The van der Waals surface area contributed by atoms with Gasteiger partial charge in [-0.2, -0.15) is 0 Å². The Kier molecular flexibility index (Phi) is 2.70. The first-order valence-electron chi connectivity index (χ1n) is 6.56. The number of para-hydroxylation sites is 1. The number of halogens is 1. The van der Waals surface area contributed by atoms with E-state index in [9.17, 15) is 0 Å². The van der Waals surface area contributed by atoms with Crippen molar-refractivity contribution in [3.05, 3.63) is 58.7 Å². The van der Waals surface area contributed by atoms with Crippen LogP contribution < -0.4 is 10.1 Å². The molecule has 1 unspecified atom stereocenters. The van der Waals surface area contributed by atoms with Crippen molar-refractivity contribution in [2.45, 2.75) is 6.04 Å². The third kappa shape index (κ3) is 1.88. The average molecular weight is 329 g/mol. The molecule has 20 heavy (non-hydrogen) atoms. The lowest BCUT2D eigenvalue weighted by atomic mass is 10.0. The van der Waals surface area contributed by atoms with Gasteiger partial charge in [-0.05, 0) is 24.3 Å². The molecule has 2 aromatic carbocycles. The summed E-state index contributed by atoms with van der Waals surface area (Å²) in [5.41, 5.74) is 3.43. The molecular weight excluding hydrogens is 316 g/mol. The van der Waals surface area contributed by atoms with E-state index in [0.717, 1.165) is 21.4 Å². The first-order chi connectivity index (χ1) is 9.81. The molecule has 0 amide bonds. The summed E-state index contributed by atoms with van der Waals surface area (Å²) in [5.74, 6) is 0.907. The van der Waals surface area contributed by atoms with Gasteiger partial charge in [0.2, 0.25) is 0 Å². The zero-order valence-corrected chi connectivity index (χ0v) is 12.3. The zero-order chi connectivity index (χ0) is 13.5. The van der Waals surface area contributed by atoms with Crippen LogP contribution >= 0.6 is 15.9 Å². The second-order valence-corrected chi connectivity index (χ2v) is 5.85. The highest BCUT2D eigenvalue weighted by molar-refractivity contribution is 9.10. The van der Waals surface area contributed by atoms with Crippen LogP contribution in [-0.2, 0) is 0 Å². The summed E-state index contributed by atoms with van der Waals surface area (Å²) in [6.45, 7) is 0.635. The highest BCUT2D eigenvalue weighted by Crippen LogP contribution is 2.37. The van der Waals surface area contributed by atoms with Crippen molar-refractivity contribution in [1.29, 1.82) is 0 Å². The second-order valence-electron chi connectivity index (χ2n) is 4.94. The third-order valence-electron chi connectivity index (χ3n) is 3.67. The first kappa shape index (κ1) is 11.9. The molecular formula is C16H13BrN2O. The maximum atomic E-state index is 5.87. The summed E-state index contributed by atoms with van der Waals surface area (Å²) in [7, 11) is 0. The fraction of sp³-hybridized carbons (Fsp3) is 0.125. The Bertz CT molecular complexity index is 781. The quantitative estimate of drug-likeness (QED) is 0.691. The number of ether oxygens (including phenoxy) is 1. The van der Waals surface area contributed by atoms with Crippen molar-refractivity contribution in [2.24, 2.45) is 0 Å². The Balaban J connectivity index is 1.74.